The van der Waals surface area contributed by atoms with Crippen molar-refractivity contribution < 1.29 is 0 Å². The van der Waals surface area contributed by atoms with E-state index in [1.807, 2.05) is 42.5 Å². The van der Waals surface area contributed by atoms with Crippen LogP contribution in [0.15, 0.2) is 477 Å². The summed E-state index contributed by atoms with van der Waals surface area (Å²) < 4.78 is 0. The predicted molar refractivity (Wildman–Crippen MR) is 615 cm³/mol. The number of aromatic nitrogens is 6. The minimum Gasteiger partial charge on any atom is -0.324 e. The van der Waals surface area contributed by atoms with E-state index >= 15 is 0 Å². The molecular weight excluding hydrogens is 1820 g/mol. The minimum absolute atomic E-state index is 0.0478. The molecule has 0 saturated heterocycles. The van der Waals surface area contributed by atoms with Crippen LogP contribution in [0.25, 0.3) is 191 Å². The van der Waals surface area contributed by atoms with Crippen molar-refractivity contribution >= 4 is 11.7 Å². The first-order valence-electron chi connectivity index (χ1n) is 52.1. The van der Waals surface area contributed by atoms with Crippen LogP contribution in [0.4, 0.5) is 0 Å². The van der Waals surface area contributed by atoms with E-state index in [0.29, 0.717) is 34.9 Å². The summed E-state index contributed by atoms with van der Waals surface area (Å²) in [5, 5.41) is 3.69. The van der Waals surface area contributed by atoms with Crippen LogP contribution in [0.5, 0.6) is 0 Å². The van der Waals surface area contributed by atoms with Gasteiger partial charge in [0.15, 0.2) is 41.1 Å². The summed E-state index contributed by atoms with van der Waals surface area (Å²) in [6.45, 7) is 13.9. The summed E-state index contributed by atoms with van der Waals surface area (Å²) in [4.78, 5) is 41.6. The highest BCUT2D eigenvalue weighted by atomic mass is 15.2. The summed E-state index contributed by atoms with van der Waals surface area (Å²) in [5.74, 6) is 5.79. The molecule has 0 saturated carbocycles. The number of fused-ring (bicyclic) bond motifs is 18. The van der Waals surface area contributed by atoms with E-state index in [-0.39, 0.29) is 22.4 Å². The zero-order valence-corrected chi connectivity index (χ0v) is 84.2. The van der Waals surface area contributed by atoms with E-state index in [0.717, 1.165) is 86.6 Å². The molecule has 1 N–H and O–H groups in total. The van der Waals surface area contributed by atoms with Gasteiger partial charge in [-0.15, -0.1) is 0 Å². The lowest BCUT2D eigenvalue weighted by molar-refractivity contribution is 0.659. The summed E-state index contributed by atoms with van der Waals surface area (Å²) in [5.41, 5.74) is 52.9. The quantitative estimate of drug-likeness (QED) is 0.115. The maximum Gasteiger partial charge on any atom is 0.169 e. The van der Waals surface area contributed by atoms with E-state index in [2.05, 4.69) is 472 Å². The van der Waals surface area contributed by atoms with Crippen molar-refractivity contribution in [3.63, 3.8) is 0 Å². The van der Waals surface area contributed by atoms with Gasteiger partial charge in [-0.05, 0) is 219 Å². The van der Waals surface area contributed by atoms with Crippen molar-refractivity contribution in [1.82, 2.24) is 35.2 Å². The van der Waals surface area contributed by atoms with Gasteiger partial charge in [-0.25, -0.2) is 39.9 Å². The van der Waals surface area contributed by atoms with Gasteiger partial charge in [0, 0.05) is 80.0 Å². The van der Waals surface area contributed by atoms with E-state index in [1.54, 1.807) is 0 Å². The fourth-order valence-electron chi connectivity index (χ4n) is 24.5. The Balaban J connectivity index is 0.000000111. The number of hydrogen-bond donors (Lipinski definition) is 1. The van der Waals surface area contributed by atoms with Gasteiger partial charge < -0.3 is 5.32 Å². The smallest absolute Gasteiger partial charge is 0.169 e. The van der Waals surface area contributed by atoms with E-state index in [9.17, 15) is 0 Å². The van der Waals surface area contributed by atoms with Gasteiger partial charge in [0.25, 0.3) is 0 Å². The second kappa shape index (κ2) is 36.6. The highest BCUT2D eigenvalue weighted by molar-refractivity contribution is 6.17. The van der Waals surface area contributed by atoms with Crippen molar-refractivity contribution in [3.05, 3.63) is 551 Å². The fourth-order valence-corrected chi connectivity index (χ4v) is 24.5. The van der Waals surface area contributed by atoms with Gasteiger partial charge in [-0.2, -0.15) is 0 Å². The second-order valence-electron chi connectivity index (χ2n) is 41.8. The number of benzene rings is 20. The van der Waals surface area contributed by atoms with Crippen LogP contribution in [0.1, 0.15) is 131 Å². The third-order valence-corrected chi connectivity index (χ3v) is 32.1. The molecule has 20 aromatic carbocycles. The second-order valence-corrected chi connectivity index (χ2v) is 41.8. The number of nitrogens with one attached hydrogen (secondary N) is 1. The average molecular weight is 1920 g/mol. The topological polar surface area (TPSA) is 114 Å². The van der Waals surface area contributed by atoms with Crippen LogP contribution in [0, 0.1) is 0 Å². The van der Waals surface area contributed by atoms with Crippen LogP contribution in [0.3, 0.4) is 0 Å². The molecule has 0 amide bonds. The Bertz CT molecular complexity index is 9250. The third kappa shape index (κ3) is 15.7. The van der Waals surface area contributed by atoms with Crippen molar-refractivity contribution in [3.8, 4) is 191 Å². The number of amidine groups is 2. The lowest BCUT2D eigenvalue weighted by Gasteiger charge is -2.24. The molecule has 29 rings (SSSR count). The summed E-state index contributed by atoms with van der Waals surface area (Å²) in [6.07, 6.45) is 2.11. The van der Waals surface area contributed by atoms with Crippen molar-refractivity contribution in [2.75, 3.05) is 0 Å². The maximum atomic E-state index is 5.39. The van der Waals surface area contributed by atoms with Crippen molar-refractivity contribution in [2.45, 2.75) is 83.2 Å². The maximum absolute atomic E-state index is 5.39. The van der Waals surface area contributed by atoms with Gasteiger partial charge >= 0.3 is 0 Å². The van der Waals surface area contributed by atoms with Gasteiger partial charge in [-0.3, -0.25) is 0 Å². The Kier molecular flexibility index (Phi) is 22.1. The average Bonchev–Trinajstić information content (AvgIpc) is 1.58. The fraction of sp³-hybridized carbons (Fsp3) is 0.0922. The molecule has 0 spiro atoms. The predicted octanol–water partition coefficient (Wildman–Crippen LogP) is 33.9. The monoisotopic (exact) mass is 1920 g/mol. The van der Waals surface area contributed by atoms with Gasteiger partial charge in [-0.1, -0.05) is 484 Å². The van der Waals surface area contributed by atoms with Gasteiger partial charge in [0.2, 0.25) is 0 Å². The highest BCUT2D eigenvalue weighted by Crippen LogP contribution is 2.56. The number of rotatable bonds is 14. The van der Waals surface area contributed by atoms with Crippen LogP contribution in [-0.4, -0.2) is 41.6 Å². The zero-order chi connectivity index (χ0) is 100. The van der Waals surface area contributed by atoms with Crippen LogP contribution < -0.4 is 5.32 Å². The van der Waals surface area contributed by atoms with Gasteiger partial charge in [0.1, 0.15) is 11.7 Å². The third-order valence-electron chi connectivity index (χ3n) is 32.1. The Morgan fingerprint density at radius 1 is 0.167 bits per heavy atom. The Morgan fingerprint density at radius 2 is 0.433 bits per heavy atom. The molecule has 1 atom stereocenters. The van der Waals surface area contributed by atoms with E-state index < -0.39 is 0 Å². The number of aliphatic imine (C=N–C) groups is 2. The molecule has 9 nitrogen and oxygen atoms in total. The molecule has 0 fully saturated rings. The summed E-state index contributed by atoms with van der Waals surface area (Å²) >= 11 is 0. The molecule has 9 heteroatoms. The van der Waals surface area contributed by atoms with Crippen molar-refractivity contribution in [1.29, 1.82) is 0 Å². The van der Waals surface area contributed by atoms with Crippen LogP contribution >= 0.6 is 0 Å². The molecule has 150 heavy (non-hydrogen) atoms. The standard InChI is InChI=1S/C49H35N3.C49H37N3.C43H31N3/c1-49(2)44-25-10-9-20-39(44)40-27-26-34(29-45(40)49)33-18-11-19-35(28-33)47-50-46(32-16-7-4-8-17-32)51-48(52-47)41-24-13-23-38-37-22-12-21-36(42(37)30-43(38)41)31-14-5-3-6-15-31;1-49(2)44-22-10-9-17-39(44)43-29-35(27-28-45(43)49)47-50-46(34-15-7-4-8-16-34)51-48(52-47)40-21-12-20-38-37-19-11-18-36(41(37)30-42(38)40)33-25-23-32(24-26-33)31-13-5-3-6-14-31;1-43(2)38-22-10-9-17-33(38)37-25-29(23-24-39(37)43)41-44-40(28-15-7-4-8-16-28)45-42(46-41)34-21-12-20-32-31-19-11-18-30(35(31)26-36(32)34)27-13-5-3-6-14-27/h3-29H,30H2,1-2H3;3-29,47H,30H2,1-2H3,(H,50,51,52);3-25H,26H2,1-2H3. The number of hydrogen-bond acceptors (Lipinski definition) is 9. The normalized spacial score (nSPS) is 14.3. The minimum atomic E-state index is -0.383. The molecule has 7 aliphatic rings. The molecule has 3 heterocycles. The molecule has 2 aromatic heterocycles. The lowest BCUT2D eigenvalue weighted by Crippen LogP contribution is -2.36. The largest absolute Gasteiger partial charge is 0.324 e. The Labute approximate surface area is 875 Å². The molecular formula is C141H103N9. The first kappa shape index (κ1) is 90.3. The summed E-state index contributed by atoms with van der Waals surface area (Å²) in [7, 11) is 0. The molecule has 6 aliphatic carbocycles. The van der Waals surface area contributed by atoms with E-state index in [4.69, 9.17) is 39.9 Å². The first-order valence-corrected chi connectivity index (χ1v) is 52.1. The lowest BCUT2D eigenvalue weighted by atomic mass is 9.81. The van der Waals surface area contributed by atoms with Gasteiger partial charge in [0.05, 0.1) is 0 Å². The summed E-state index contributed by atoms with van der Waals surface area (Å²) in [6, 6.07) is 167. The highest BCUT2D eigenvalue weighted by Gasteiger charge is 2.41. The SMILES string of the molecule is CC1(C)c2ccccc2-c2cc(-c3nc(-c4ccccc4)nc(-c4cccc5c4Cc4c(-c6ccccc6)cccc4-5)n3)ccc21.CC1(C)c2ccccc2-c2cc(C3N=C(c4ccccc4)NC(c4cccc5c4Cc4c(-c6ccc(-c7ccccc7)cc6)cccc4-5)=N3)ccc21.CC1(C)c2ccccc2-c2ccc(-c3cccc(-c4nc(-c5ccccc5)nc(-c5cccc6c5Cc5c(-c7ccccc7)cccc5-6)n4)c3)cc21. The van der Waals surface area contributed by atoms with E-state index in [1.165, 1.54) is 184 Å². The molecule has 0 bridgehead atoms. The molecule has 22 aromatic rings. The van der Waals surface area contributed by atoms with Crippen LogP contribution in [-0.2, 0) is 35.5 Å². The molecule has 1 unspecified atom stereocenters. The van der Waals surface area contributed by atoms with Crippen molar-refractivity contribution in [2.24, 2.45) is 9.98 Å². The Morgan fingerprint density at radius 3 is 0.900 bits per heavy atom. The first-order chi connectivity index (χ1) is 73.6. The number of nitrogens with zero attached hydrogens (tertiary/aromatic N) is 8. The molecule has 712 valence electrons. The zero-order valence-electron chi connectivity index (χ0n) is 84.2. The molecule has 1 aliphatic heterocycles. The van der Waals surface area contributed by atoms with Crippen LogP contribution in [0.2, 0.25) is 0 Å². The Hall–Kier alpha value is -18.4. The molecule has 0 radical (unpaired) electrons.